The Morgan fingerprint density at radius 3 is 2.80 bits per heavy atom. The summed E-state index contributed by atoms with van der Waals surface area (Å²) in [4.78, 5) is 18.4. The highest BCUT2D eigenvalue weighted by Gasteiger charge is 2.21. The Hall–Kier alpha value is -2.69. The van der Waals surface area contributed by atoms with E-state index in [-0.39, 0.29) is 5.91 Å². The van der Waals surface area contributed by atoms with Gasteiger partial charge < -0.3 is 4.90 Å². The second kappa shape index (κ2) is 5.13. The first-order valence-electron chi connectivity index (χ1n) is 6.46. The molecule has 1 N–H and O–H groups in total. The van der Waals surface area contributed by atoms with Gasteiger partial charge in [0.1, 0.15) is 0 Å². The van der Waals surface area contributed by atoms with Crippen molar-refractivity contribution in [1.29, 1.82) is 0 Å². The average Bonchev–Trinajstić information content (AvgIpc) is 2.93. The molecule has 0 aliphatic heterocycles. The normalized spacial score (nSPS) is 10.7. The molecule has 1 amide bonds. The summed E-state index contributed by atoms with van der Waals surface area (Å²) in [5.74, 6) is -0.127. The Kier molecular flexibility index (Phi) is 3.16. The Labute approximate surface area is 116 Å². The van der Waals surface area contributed by atoms with Crippen molar-refractivity contribution in [2.45, 2.75) is 6.92 Å². The van der Waals surface area contributed by atoms with E-state index >= 15 is 0 Å². The van der Waals surface area contributed by atoms with Crippen molar-refractivity contribution in [3.8, 4) is 0 Å². The largest absolute Gasteiger partial charge is 0.307 e. The van der Waals surface area contributed by atoms with Crippen molar-refractivity contribution in [1.82, 2.24) is 15.2 Å². The first kappa shape index (κ1) is 12.3. The lowest BCUT2D eigenvalue weighted by atomic mass is 10.2. The molecule has 0 radical (unpaired) electrons. The number of anilines is 1. The number of carbonyl (C=O) groups is 1. The van der Waals surface area contributed by atoms with Crippen LogP contribution < -0.4 is 4.90 Å². The maximum Gasteiger partial charge on any atom is 0.279 e. The average molecular weight is 266 g/mol. The van der Waals surface area contributed by atoms with Crippen LogP contribution in [0.4, 0.5) is 5.69 Å². The summed E-state index contributed by atoms with van der Waals surface area (Å²) in [5, 5.41) is 7.74. The third kappa shape index (κ3) is 2.03. The van der Waals surface area contributed by atoms with Crippen LogP contribution >= 0.6 is 0 Å². The molecule has 0 atom stereocenters. The smallest absolute Gasteiger partial charge is 0.279 e. The fraction of sp³-hybridized carbons (Fsp3) is 0.133. The zero-order valence-electron chi connectivity index (χ0n) is 11.1. The molecule has 3 rings (SSSR count). The van der Waals surface area contributed by atoms with Gasteiger partial charge in [-0.05, 0) is 25.1 Å². The molecule has 100 valence electrons. The molecule has 0 unspecified atom stereocenters. The Morgan fingerprint density at radius 1 is 1.25 bits per heavy atom. The Balaban J connectivity index is 2.03. The molecule has 0 saturated carbocycles. The van der Waals surface area contributed by atoms with Gasteiger partial charge in [0.05, 0.1) is 10.9 Å². The van der Waals surface area contributed by atoms with Gasteiger partial charge in [-0.2, -0.15) is 5.10 Å². The highest BCUT2D eigenvalue weighted by atomic mass is 16.2. The van der Waals surface area contributed by atoms with Crippen molar-refractivity contribution in [2.24, 2.45) is 0 Å². The van der Waals surface area contributed by atoms with Gasteiger partial charge in [-0.1, -0.05) is 18.2 Å². The summed E-state index contributed by atoms with van der Waals surface area (Å²) in [6.45, 7) is 2.52. The highest BCUT2D eigenvalue weighted by Crippen LogP contribution is 2.20. The zero-order valence-corrected chi connectivity index (χ0v) is 11.1. The Bertz CT molecular complexity index is 736. The predicted molar refractivity (Wildman–Crippen MR) is 77.7 cm³/mol. The number of benzene rings is 1. The number of aromatic amines is 1. The van der Waals surface area contributed by atoms with Crippen molar-refractivity contribution in [2.75, 3.05) is 11.4 Å². The summed E-state index contributed by atoms with van der Waals surface area (Å²) >= 11 is 0. The molecule has 0 aliphatic rings. The lowest BCUT2D eigenvalue weighted by Crippen LogP contribution is -2.31. The molecule has 0 saturated heterocycles. The van der Waals surface area contributed by atoms with Crippen molar-refractivity contribution < 1.29 is 4.79 Å². The van der Waals surface area contributed by atoms with Gasteiger partial charge >= 0.3 is 0 Å². The molecule has 3 aromatic rings. The second-order valence-electron chi connectivity index (χ2n) is 4.38. The van der Waals surface area contributed by atoms with E-state index in [1.807, 2.05) is 37.3 Å². The van der Waals surface area contributed by atoms with Gasteiger partial charge in [-0.3, -0.25) is 14.9 Å². The molecule has 2 aromatic heterocycles. The highest BCUT2D eigenvalue weighted by molar-refractivity contribution is 6.12. The summed E-state index contributed by atoms with van der Waals surface area (Å²) in [6, 6.07) is 11.4. The topological polar surface area (TPSA) is 61.9 Å². The fourth-order valence-electron chi connectivity index (χ4n) is 2.20. The van der Waals surface area contributed by atoms with E-state index in [2.05, 4.69) is 15.2 Å². The minimum atomic E-state index is -0.127. The number of hydrogen-bond acceptors (Lipinski definition) is 3. The number of H-pyrrole nitrogens is 1. The van der Waals surface area contributed by atoms with Crippen molar-refractivity contribution >= 4 is 22.5 Å². The molecular formula is C15H14N4O. The maximum atomic E-state index is 12.7. The second-order valence-corrected chi connectivity index (χ2v) is 4.38. The number of aromatic nitrogens is 3. The maximum absolute atomic E-state index is 12.7. The quantitative estimate of drug-likeness (QED) is 0.792. The molecule has 0 spiro atoms. The van der Waals surface area contributed by atoms with Crippen LogP contribution in [0.5, 0.6) is 0 Å². The molecule has 5 heteroatoms. The minimum absolute atomic E-state index is 0.127. The van der Waals surface area contributed by atoms with E-state index in [0.29, 0.717) is 12.2 Å². The number of pyridine rings is 1. The molecular weight excluding hydrogens is 252 g/mol. The Morgan fingerprint density at radius 2 is 2.05 bits per heavy atom. The molecule has 1 aromatic carbocycles. The number of fused-ring (bicyclic) bond motifs is 1. The lowest BCUT2D eigenvalue weighted by molar-refractivity contribution is 0.0985. The van der Waals surface area contributed by atoms with Gasteiger partial charge in [0.25, 0.3) is 5.91 Å². The monoisotopic (exact) mass is 266 g/mol. The van der Waals surface area contributed by atoms with Crippen LogP contribution in [0.3, 0.4) is 0 Å². The SMILES string of the molecule is CCN(C(=O)c1n[nH]c2ccncc12)c1ccccc1. The minimum Gasteiger partial charge on any atom is -0.307 e. The molecule has 5 nitrogen and oxygen atoms in total. The molecule has 0 bridgehead atoms. The van der Waals surface area contributed by atoms with E-state index < -0.39 is 0 Å². The summed E-state index contributed by atoms with van der Waals surface area (Å²) in [7, 11) is 0. The first-order chi connectivity index (χ1) is 9.81. The molecule has 0 aliphatic carbocycles. The number of carbonyl (C=O) groups excluding carboxylic acids is 1. The van der Waals surface area contributed by atoms with Gasteiger partial charge in [-0.15, -0.1) is 0 Å². The number of hydrogen-bond donors (Lipinski definition) is 1. The first-order valence-corrected chi connectivity index (χ1v) is 6.46. The van der Waals surface area contributed by atoms with E-state index in [1.165, 1.54) is 0 Å². The fourth-order valence-corrected chi connectivity index (χ4v) is 2.20. The van der Waals surface area contributed by atoms with E-state index in [4.69, 9.17) is 0 Å². The number of amides is 1. The third-order valence-electron chi connectivity index (χ3n) is 3.20. The van der Waals surface area contributed by atoms with Crippen molar-refractivity contribution in [3.63, 3.8) is 0 Å². The van der Waals surface area contributed by atoms with Gasteiger partial charge in [0.2, 0.25) is 0 Å². The predicted octanol–water partition coefficient (Wildman–Crippen LogP) is 2.62. The van der Waals surface area contributed by atoms with Crippen LogP contribution in [-0.4, -0.2) is 27.6 Å². The van der Waals surface area contributed by atoms with Crippen molar-refractivity contribution in [3.05, 3.63) is 54.5 Å². The molecule has 20 heavy (non-hydrogen) atoms. The van der Waals surface area contributed by atoms with E-state index in [0.717, 1.165) is 16.6 Å². The summed E-state index contributed by atoms with van der Waals surface area (Å²) in [6.07, 6.45) is 3.33. The van der Waals surface area contributed by atoms with Crippen LogP contribution in [0, 0.1) is 0 Å². The number of nitrogens with one attached hydrogen (secondary N) is 1. The van der Waals surface area contributed by atoms with E-state index in [1.54, 1.807) is 23.4 Å². The number of nitrogens with zero attached hydrogens (tertiary/aromatic N) is 3. The lowest BCUT2D eigenvalue weighted by Gasteiger charge is -2.19. The molecule has 2 heterocycles. The standard InChI is InChI=1S/C15H14N4O/c1-2-19(11-6-4-3-5-7-11)15(20)14-12-10-16-9-8-13(12)17-18-14/h3-10H,2H2,1H3,(H,17,18). The van der Waals surface area contributed by atoms with Crippen LogP contribution in [-0.2, 0) is 0 Å². The van der Waals surface area contributed by atoms with Gasteiger partial charge in [0, 0.05) is 24.6 Å². The number of para-hydroxylation sites is 1. The van der Waals surface area contributed by atoms with Crippen LogP contribution in [0.1, 0.15) is 17.4 Å². The van der Waals surface area contributed by atoms with Crippen LogP contribution in [0.15, 0.2) is 48.8 Å². The zero-order chi connectivity index (χ0) is 13.9. The van der Waals surface area contributed by atoms with Crippen LogP contribution in [0.2, 0.25) is 0 Å². The van der Waals surface area contributed by atoms with Gasteiger partial charge in [0.15, 0.2) is 5.69 Å². The van der Waals surface area contributed by atoms with Crippen LogP contribution in [0.25, 0.3) is 10.9 Å². The third-order valence-corrected chi connectivity index (χ3v) is 3.20. The molecule has 0 fully saturated rings. The van der Waals surface area contributed by atoms with Gasteiger partial charge in [-0.25, -0.2) is 0 Å². The summed E-state index contributed by atoms with van der Waals surface area (Å²) in [5.41, 5.74) is 2.08. The summed E-state index contributed by atoms with van der Waals surface area (Å²) < 4.78 is 0. The number of rotatable bonds is 3. The van der Waals surface area contributed by atoms with E-state index in [9.17, 15) is 4.79 Å².